The molecule has 0 saturated carbocycles. The third kappa shape index (κ3) is 6.40. The zero-order chi connectivity index (χ0) is 9.56. The molecule has 0 aliphatic heterocycles. The lowest BCUT2D eigenvalue weighted by molar-refractivity contribution is -0.136. The number of rotatable bonds is 4. The van der Waals surface area contributed by atoms with Crippen molar-refractivity contribution in [3.05, 3.63) is 11.8 Å². The predicted octanol–water partition coefficient (Wildman–Crippen LogP) is -0.462. The Bertz CT molecular complexity index is 212. The molecular formula is C6H11N3O3. The number of amides is 2. The van der Waals surface area contributed by atoms with Crippen LogP contribution in [0.25, 0.3) is 0 Å². The molecule has 6 nitrogen and oxygen atoms in total. The smallest absolute Gasteiger partial charge is 0.330 e. The van der Waals surface area contributed by atoms with Gasteiger partial charge in [-0.05, 0) is 6.92 Å². The first kappa shape index (κ1) is 10.3. The summed E-state index contributed by atoms with van der Waals surface area (Å²) < 4.78 is 0. The van der Waals surface area contributed by atoms with E-state index in [1.54, 1.807) is 6.92 Å². The number of carbonyl (C=O) groups is 2. The Morgan fingerprint density at radius 2 is 2.08 bits per heavy atom. The van der Waals surface area contributed by atoms with Crippen LogP contribution in [0.1, 0.15) is 13.3 Å². The van der Waals surface area contributed by atoms with Crippen LogP contribution in [-0.2, 0) is 4.79 Å². The number of primary amides is 1. The number of urea groups is 1. The Balaban J connectivity index is 3.70. The summed E-state index contributed by atoms with van der Waals surface area (Å²) in [6.45, 7) is 1.61. The predicted molar refractivity (Wildman–Crippen MR) is 41.9 cm³/mol. The number of hydrazine groups is 1. The van der Waals surface area contributed by atoms with Gasteiger partial charge in [-0.1, -0.05) is 6.08 Å². The number of hydrogen-bond donors (Lipinski definition) is 4. The van der Waals surface area contributed by atoms with Crippen molar-refractivity contribution >= 4 is 12.0 Å². The Morgan fingerprint density at radius 1 is 1.50 bits per heavy atom. The molecule has 2 amide bonds. The molecule has 0 rings (SSSR count). The lowest BCUT2D eigenvalue weighted by atomic mass is 10.3. The number of carbonyl (C=O) groups excluding carboxylic acids is 1. The van der Waals surface area contributed by atoms with E-state index in [1.807, 2.05) is 0 Å². The van der Waals surface area contributed by atoms with Gasteiger partial charge in [0, 0.05) is 5.70 Å². The quantitative estimate of drug-likeness (QED) is 0.431. The number of carboxylic acids is 1. The second-order valence-electron chi connectivity index (χ2n) is 2.10. The lowest BCUT2D eigenvalue weighted by Gasteiger charge is -2.04. The molecule has 0 spiro atoms. The van der Waals surface area contributed by atoms with Crippen molar-refractivity contribution in [2.45, 2.75) is 13.3 Å². The second kappa shape index (κ2) is 5.00. The first-order valence-electron chi connectivity index (χ1n) is 3.22. The van der Waals surface area contributed by atoms with Crippen molar-refractivity contribution < 1.29 is 14.7 Å². The van der Waals surface area contributed by atoms with E-state index in [2.05, 4.69) is 10.9 Å². The maximum atomic E-state index is 10.1. The summed E-state index contributed by atoms with van der Waals surface area (Å²) in [5.74, 6) is -0.935. The molecule has 5 N–H and O–H groups in total. The molecule has 0 atom stereocenters. The Kier molecular flexibility index (Phi) is 4.28. The average molecular weight is 173 g/mol. The SMILES string of the molecule is C/C(=C/CC(=O)O)NNC(N)=O. The normalized spacial score (nSPS) is 10.6. The molecule has 0 bridgehead atoms. The van der Waals surface area contributed by atoms with E-state index >= 15 is 0 Å². The zero-order valence-corrected chi connectivity index (χ0v) is 6.63. The molecule has 0 unspecified atom stereocenters. The minimum atomic E-state index is -0.935. The maximum Gasteiger partial charge on any atom is 0.330 e. The molecule has 0 radical (unpaired) electrons. The van der Waals surface area contributed by atoms with E-state index in [-0.39, 0.29) is 6.42 Å². The Morgan fingerprint density at radius 3 is 2.50 bits per heavy atom. The minimum Gasteiger partial charge on any atom is -0.481 e. The van der Waals surface area contributed by atoms with Crippen LogP contribution < -0.4 is 16.6 Å². The molecule has 0 aromatic heterocycles. The van der Waals surface area contributed by atoms with E-state index in [0.717, 1.165) is 0 Å². The van der Waals surface area contributed by atoms with Crippen molar-refractivity contribution in [3.63, 3.8) is 0 Å². The Hall–Kier alpha value is -1.72. The molecule has 12 heavy (non-hydrogen) atoms. The van der Waals surface area contributed by atoms with Crippen molar-refractivity contribution in [2.75, 3.05) is 0 Å². The van der Waals surface area contributed by atoms with Crippen LogP contribution >= 0.6 is 0 Å². The van der Waals surface area contributed by atoms with Gasteiger partial charge >= 0.3 is 12.0 Å². The van der Waals surface area contributed by atoms with Crippen LogP contribution in [0.2, 0.25) is 0 Å². The summed E-state index contributed by atoms with van der Waals surface area (Å²) in [7, 11) is 0. The summed E-state index contributed by atoms with van der Waals surface area (Å²) in [5.41, 5.74) is 9.77. The van der Waals surface area contributed by atoms with Crippen LogP contribution in [0.5, 0.6) is 0 Å². The van der Waals surface area contributed by atoms with E-state index in [0.29, 0.717) is 5.70 Å². The molecule has 0 aromatic rings. The van der Waals surface area contributed by atoms with E-state index in [4.69, 9.17) is 10.8 Å². The third-order valence-corrected chi connectivity index (χ3v) is 0.966. The van der Waals surface area contributed by atoms with Crippen molar-refractivity contribution in [1.29, 1.82) is 0 Å². The van der Waals surface area contributed by atoms with Gasteiger partial charge in [0.25, 0.3) is 0 Å². The molecule has 0 saturated heterocycles. The van der Waals surface area contributed by atoms with Gasteiger partial charge in [0.15, 0.2) is 0 Å². The second-order valence-corrected chi connectivity index (χ2v) is 2.10. The van der Waals surface area contributed by atoms with Gasteiger partial charge in [-0.3, -0.25) is 10.2 Å². The van der Waals surface area contributed by atoms with Gasteiger partial charge in [0.05, 0.1) is 6.42 Å². The van der Waals surface area contributed by atoms with Gasteiger partial charge in [-0.25, -0.2) is 4.79 Å². The van der Waals surface area contributed by atoms with E-state index in [9.17, 15) is 9.59 Å². The van der Waals surface area contributed by atoms with E-state index in [1.165, 1.54) is 6.08 Å². The monoisotopic (exact) mass is 173 g/mol. The third-order valence-electron chi connectivity index (χ3n) is 0.966. The highest BCUT2D eigenvalue weighted by molar-refractivity contribution is 5.71. The van der Waals surface area contributed by atoms with E-state index < -0.39 is 12.0 Å². The minimum absolute atomic E-state index is 0.0979. The highest BCUT2D eigenvalue weighted by Crippen LogP contribution is 1.88. The summed E-state index contributed by atoms with van der Waals surface area (Å²) in [6, 6.07) is -0.724. The lowest BCUT2D eigenvalue weighted by Crippen LogP contribution is -2.39. The molecule has 68 valence electrons. The number of nitrogens with two attached hydrogens (primary N) is 1. The topological polar surface area (TPSA) is 104 Å². The molecule has 0 aromatic carbocycles. The highest BCUT2D eigenvalue weighted by Gasteiger charge is 1.93. The maximum absolute atomic E-state index is 10.1. The Labute approximate surface area is 69.4 Å². The number of carboxylic acid groups (broad SMARTS) is 1. The van der Waals surface area contributed by atoms with Crippen molar-refractivity contribution in [1.82, 2.24) is 10.9 Å². The van der Waals surface area contributed by atoms with Gasteiger partial charge in [0.2, 0.25) is 0 Å². The number of nitrogens with one attached hydrogen (secondary N) is 2. The molecule has 0 heterocycles. The van der Waals surface area contributed by atoms with Gasteiger partial charge in [0.1, 0.15) is 0 Å². The van der Waals surface area contributed by atoms with Crippen LogP contribution in [0, 0.1) is 0 Å². The average Bonchev–Trinajstić information content (AvgIpc) is 1.96. The first-order chi connectivity index (χ1) is 5.52. The van der Waals surface area contributed by atoms with Gasteiger partial charge in [-0.15, -0.1) is 0 Å². The molecule has 0 fully saturated rings. The fourth-order valence-electron chi connectivity index (χ4n) is 0.452. The van der Waals surface area contributed by atoms with Crippen molar-refractivity contribution in [3.8, 4) is 0 Å². The summed E-state index contributed by atoms with van der Waals surface area (Å²) >= 11 is 0. The molecular weight excluding hydrogens is 162 g/mol. The number of allylic oxidation sites excluding steroid dienone is 1. The number of aliphatic carboxylic acids is 1. The van der Waals surface area contributed by atoms with Crippen LogP contribution in [0.15, 0.2) is 11.8 Å². The van der Waals surface area contributed by atoms with Crippen LogP contribution in [-0.4, -0.2) is 17.1 Å². The molecule has 0 aliphatic rings. The van der Waals surface area contributed by atoms with Gasteiger partial charge < -0.3 is 16.3 Å². The van der Waals surface area contributed by atoms with Crippen LogP contribution in [0.4, 0.5) is 4.79 Å². The fourth-order valence-corrected chi connectivity index (χ4v) is 0.452. The fraction of sp³-hybridized carbons (Fsp3) is 0.333. The summed E-state index contributed by atoms with van der Waals surface area (Å²) in [4.78, 5) is 20.2. The highest BCUT2D eigenvalue weighted by atomic mass is 16.4. The van der Waals surface area contributed by atoms with Crippen molar-refractivity contribution in [2.24, 2.45) is 5.73 Å². The molecule has 6 heteroatoms. The summed E-state index contributed by atoms with van der Waals surface area (Å²) in [6.07, 6.45) is 1.32. The molecule has 0 aliphatic carbocycles. The number of hydrogen-bond acceptors (Lipinski definition) is 3. The summed E-state index contributed by atoms with van der Waals surface area (Å²) in [5, 5.41) is 8.26. The van der Waals surface area contributed by atoms with Gasteiger partial charge in [-0.2, -0.15) is 0 Å². The zero-order valence-electron chi connectivity index (χ0n) is 6.63. The van der Waals surface area contributed by atoms with Crippen LogP contribution in [0.3, 0.4) is 0 Å². The standard InChI is InChI=1S/C6H11N3O3/c1-4(2-3-5(10)11)8-9-6(7)12/h2,8H,3H2,1H3,(H,10,11)(H3,7,9,12)/b4-2-. The first-order valence-corrected chi connectivity index (χ1v) is 3.22. The largest absolute Gasteiger partial charge is 0.481 e.